The van der Waals surface area contributed by atoms with E-state index >= 15 is 0 Å². The number of hydrogen-bond acceptors (Lipinski definition) is 1. The van der Waals surface area contributed by atoms with Crippen LogP contribution >= 0.6 is 0 Å². The fourth-order valence-corrected chi connectivity index (χ4v) is 2.55. The predicted octanol–water partition coefficient (Wildman–Crippen LogP) is 2.09. The molecule has 0 unspecified atom stereocenters. The van der Waals surface area contributed by atoms with Gasteiger partial charge in [-0.1, -0.05) is 24.3 Å². The first kappa shape index (κ1) is 11.6. The van der Waals surface area contributed by atoms with E-state index in [1.807, 2.05) is 0 Å². The second-order valence-electron chi connectivity index (χ2n) is 5.72. The maximum absolute atomic E-state index is 5.90. The summed E-state index contributed by atoms with van der Waals surface area (Å²) < 4.78 is 0. The van der Waals surface area contributed by atoms with Crippen molar-refractivity contribution in [3.63, 3.8) is 0 Å². The lowest BCUT2D eigenvalue weighted by atomic mass is 9.92. The van der Waals surface area contributed by atoms with E-state index in [0.29, 0.717) is 12.0 Å². The molecule has 3 nitrogen and oxygen atoms in total. The van der Waals surface area contributed by atoms with E-state index in [1.165, 1.54) is 36.8 Å². The molecular weight excluding hydrogens is 222 g/mol. The molecular formula is C15H21N3. The molecule has 3 N–H and O–H groups in total. The molecule has 0 radical (unpaired) electrons. The normalized spacial score (nSPS) is 21.7. The lowest BCUT2D eigenvalue weighted by Crippen LogP contribution is -2.34. The summed E-state index contributed by atoms with van der Waals surface area (Å²) in [6, 6.07) is 9.23. The Morgan fingerprint density at radius 2 is 2.11 bits per heavy atom. The molecule has 18 heavy (non-hydrogen) atoms. The fourth-order valence-electron chi connectivity index (χ4n) is 2.55. The zero-order valence-electron chi connectivity index (χ0n) is 10.9. The Bertz CT molecular complexity index is 470. The van der Waals surface area contributed by atoms with E-state index in [1.54, 1.807) is 0 Å². The molecule has 0 bridgehead atoms. The Morgan fingerprint density at radius 3 is 2.72 bits per heavy atom. The number of hydrogen-bond donors (Lipinski definition) is 2. The molecule has 3 heteroatoms. The molecule has 3 rings (SSSR count). The van der Waals surface area contributed by atoms with Crippen LogP contribution in [-0.4, -0.2) is 18.5 Å². The average molecular weight is 243 g/mol. The quantitative estimate of drug-likeness (QED) is 0.628. The highest BCUT2D eigenvalue weighted by molar-refractivity contribution is 5.78. The lowest BCUT2D eigenvalue weighted by molar-refractivity contribution is 0.694. The summed E-state index contributed by atoms with van der Waals surface area (Å²) in [5, 5.41) is 3.25. The molecule has 0 atom stereocenters. The number of guanidine groups is 1. The monoisotopic (exact) mass is 243 g/mol. The second kappa shape index (κ2) is 4.30. The molecule has 0 saturated heterocycles. The zero-order chi connectivity index (χ0) is 12.6. The number of nitrogens with two attached hydrogens (primary N) is 1. The third-order valence-corrected chi connectivity index (χ3v) is 4.05. The molecule has 2 aliphatic rings. The van der Waals surface area contributed by atoms with Gasteiger partial charge in [0.25, 0.3) is 0 Å². The van der Waals surface area contributed by atoms with E-state index < -0.39 is 0 Å². The highest BCUT2D eigenvalue weighted by atomic mass is 15.1. The first-order chi connectivity index (χ1) is 8.70. The highest BCUT2D eigenvalue weighted by Gasteiger charge is 2.44. The molecule has 2 fully saturated rings. The minimum Gasteiger partial charge on any atom is -0.370 e. The summed E-state index contributed by atoms with van der Waals surface area (Å²) in [7, 11) is 0. The number of aliphatic imine (C=N–C) groups is 1. The topological polar surface area (TPSA) is 50.4 Å². The van der Waals surface area contributed by atoms with Crippen LogP contribution in [0.1, 0.15) is 36.8 Å². The van der Waals surface area contributed by atoms with Gasteiger partial charge < -0.3 is 11.1 Å². The van der Waals surface area contributed by atoms with Gasteiger partial charge in [-0.25, -0.2) is 0 Å². The highest BCUT2D eigenvalue weighted by Crippen LogP contribution is 2.49. The molecule has 0 aliphatic heterocycles. The maximum Gasteiger partial charge on any atom is 0.188 e. The van der Waals surface area contributed by atoms with Crippen molar-refractivity contribution >= 4 is 5.96 Å². The molecule has 1 aromatic carbocycles. The number of nitrogens with zero attached hydrogens (tertiary/aromatic N) is 1. The Labute approximate surface area is 108 Å². The van der Waals surface area contributed by atoms with E-state index in [9.17, 15) is 0 Å². The minimum atomic E-state index is 0.265. The van der Waals surface area contributed by atoms with Gasteiger partial charge in [-0.15, -0.1) is 0 Å². The molecule has 96 valence electrons. The van der Waals surface area contributed by atoms with Crippen molar-refractivity contribution in [1.82, 2.24) is 5.32 Å². The van der Waals surface area contributed by atoms with Crippen molar-refractivity contribution in [3.05, 3.63) is 35.4 Å². The van der Waals surface area contributed by atoms with Crippen LogP contribution < -0.4 is 11.1 Å². The third kappa shape index (κ3) is 2.35. The standard InChI is InChI=1S/C15H21N3/c1-11-4-2-3-5-13(11)15(8-9-15)10-17-14(16)18-12-6-7-12/h2-5,12H,6-10H2,1H3,(H3,16,17,18). The molecule has 0 spiro atoms. The smallest absolute Gasteiger partial charge is 0.188 e. The van der Waals surface area contributed by atoms with Crippen LogP contribution in [0.5, 0.6) is 0 Å². The fraction of sp³-hybridized carbons (Fsp3) is 0.533. The van der Waals surface area contributed by atoms with Gasteiger partial charge in [-0.2, -0.15) is 0 Å². The Balaban J connectivity index is 1.69. The molecule has 1 aromatic rings. The summed E-state index contributed by atoms with van der Waals surface area (Å²) in [4.78, 5) is 4.54. The van der Waals surface area contributed by atoms with E-state index in [2.05, 4.69) is 41.5 Å². The van der Waals surface area contributed by atoms with E-state index in [-0.39, 0.29) is 5.41 Å². The zero-order valence-corrected chi connectivity index (χ0v) is 10.9. The molecule has 2 saturated carbocycles. The minimum absolute atomic E-state index is 0.265. The number of rotatable bonds is 4. The van der Waals surface area contributed by atoms with Crippen molar-refractivity contribution < 1.29 is 0 Å². The van der Waals surface area contributed by atoms with Gasteiger partial charge in [0.2, 0.25) is 0 Å². The summed E-state index contributed by atoms with van der Waals surface area (Å²) >= 11 is 0. The molecule has 0 aromatic heterocycles. The van der Waals surface area contributed by atoms with Crippen LogP contribution in [-0.2, 0) is 5.41 Å². The van der Waals surface area contributed by atoms with Crippen LogP contribution in [0.15, 0.2) is 29.3 Å². The van der Waals surface area contributed by atoms with Gasteiger partial charge in [0, 0.05) is 11.5 Å². The Morgan fingerprint density at radius 1 is 1.39 bits per heavy atom. The van der Waals surface area contributed by atoms with Gasteiger partial charge in [-0.3, -0.25) is 4.99 Å². The third-order valence-electron chi connectivity index (χ3n) is 4.05. The Kier molecular flexibility index (Phi) is 2.77. The van der Waals surface area contributed by atoms with Crippen molar-refractivity contribution in [2.75, 3.05) is 6.54 Å². The Hall–Kier alpha value is -1.51. The van der Waals surface area contributed by atoms with Crippen LogP contribution in [0, 0.1) is 6.92 Å². The van der Waals surface area contributed by atoms with Crippen LogP contribution in [0.2, 0.25) is 0 Å². The molecule has 0 amide bonds. The predicted molar refractivity (Wildman–Crippen MR) is 74.7 cm³/mol. The first-order valence-corrected chi connectivity index (χ1v) is 6.82. The van der Waals surface area contributed by atoms with Crippen molar-refractivity contribution in [1.29, 1.82) is 0 Å². The summed E-state index contributed by atoms with van der Waals surface area (Å²) in [6.45, 7) is 3.01. The van der Waals surface area contributed by atoms with Crippen molar-refractivity contribution in [2.24, 2.45) is 10.7 Å². The van der Waals surface area contributed by atoms with Crippen LogP contribution in [0.4, 0.5) is 0 Å². The average Bonchev–Trinajstić information content (AvgIpc) is 3.23. The SMILES string of the molecule is Cc1ccccc1C1(CN=C(N)NC2CC2)CC1. The van der Waals surface area contributed by atoms with Gasteiger partial charge in [0.15, 0.2) is 5.96 Å². The largest absolute Gasteiger partial charge is 0.370 e. The molecule has 0 heterocycles. The maximum atomic E-state index is 5.90. The van der Waals surface area contributed by atoms with Gasteiger partial charge in [-0.05, 0) is 43.7 Å². The lowest BCUT2D eigenvalue weighted by Gasteiger charge is -2.16. The summed E-state index contributed by atoms with van der Waals surface area (Å²) in [6.07, 6.45) is 4.94. The second-order valence-corrected chi connectivity index (χ2v) is 5.72. The van der Waals surface area contributed by atoms with Crippen LogP contribution in [0.3, 0.4) is 0 Å². The van der Waals surface area contributed by atoms with E-state index in [4.69, 9.17) is 5.73 Å². The molecule has 2 aliphatic carbocycles. The summed E-state index contributed by atoms with van der Waals surface area (Å²) in [5.41, 5.74) is 9.00. The number of aryl methyl sites for hydroxylation is 1. The van der Waals surface area contributed by atoms with Gasteiger partial charge >= 0.3 is 0 Å². The van der Waals surface area contributed by atoms with Crippen molar-refractivity contribution in [2.45, 2.75) is 44.1 Å². The number of benzene rings is 1. The van der Waals surface area contributed by atoms with E-state index in [0.717, 1.165) is 6.54 Å². The van der Waals surface area contributed by atoms with Crippen LogP contribution in [0.25, 0.3) is 0 Å². The van der Waals surface area contributed by atoms with Gasteiger partial charge in [0.1, 0.15) is 0 Å². The van der Waals surface area contributed by atoms with Crippen molar-refractivity contribution in [3.8, 4) is 0 Å². The first-order valence-electron chi connectivity index (χ1n) is 6.82. The summed E-state index contributed by atoms with van der Waals surface area (Å²) in [5.74, 6) is 0.623. The number of nitrogens with one attached hydrogen (secondary N) is 1. The van der Waals surface area contributed by atoms with Gasteiger partial charge in [0.05, 0.1) is 6.54 Å².